The van der Waals surface area contributed by atoms with Gasteiger partial charge in [-0.2, -0.15) is 5.26 Å². The van der Waals surface area contributed by atoms with Crippen molar-refractivity contribution in [2.24, 2.45) is 0 Å². The lowest BCUT2D eigenvalue weighted by molar-refractivity contribution is 1.40. The second-order valence-corrected chi connectivity index (χ2v) is 5.61. The number of hydrogen-bond donors (Lipinski definition) is 1. The maximum atomic E-state index is 8.94. The molecule has 0 unspecified atom stereocenters. The molecule has 90 valence electrons. The Labute approximate surface area is 123 Å². The number of nitriles is 1. The van der Waals surface area contributed by atoms with Crippen molar-refractivity contribution >= 4 is 43.2 Å². The number of anilines is 2. The minimum absolute atomic E-state index is 0.621. The van der Waals surface area contributed by atoms with Crippen molar-refractivity contribution in [2.45, 2.75) is 6.92 Å². The van der Waals surface area contributed by atoms with Crippen LogP contribution in [-0.4, -0.2) is 0 Å². The number of nitrogens with one attached hydrogen (secondary N) is 1. The van der Waals surface area contributed by atoms with Crippen LogP contribution in [0.4, 0.5) is 11.4 Å². The van der Waals surface area contributed by atoms with E-state index in [-0.39, 0.29) is 0 Å². The highest BCUT2D eigenvalue weighted by molar-refractivity contribution is 9.11. The summed E-state index contributed by atoms with van der Waals surface area (Å²) in [6, 6.07) is 13.7. The molecule has 0 spiro atoms. The van der Waals surface area contributed by atoms with Crippen LogP contribution < -0.4 is 5.32 Å². The number of halogens is 2. The van der Waals surface area contributed by atoms with Crippen LogP contribution >= 0.6 is 31.9 Å². The smallest absolute Gasteiger partial charge is 0.0992 e. The first-order chi connectivity index (χ1) is 8.60. The zero-order valence-electron chi connectivity index (χ0n) is 9.67. The summed E-state index contributed by atoms with van der Waals surface area (Å²) in [6.07, 6.45) is 0. The van der Waals surface area contributed by atoms with Gasteiger partial charge < -0.3 is 5.32 Å². The van der Waals surface area contributed by atoms with E-state index in [0.717, 1.165) is 25.9 Å². The van der Waals surface area contributed by atoms with Gasteiger partial charge in [-0.25, -0.2) is 0 Å². The van der Waals surface area contributed by atoms with Crippen LogP contribution in [0.3, 0.4) is 0 Å². The van der Waals surface area contributed by atoms with Crippen molar-refractivity contribution in [3.05, 3.63) is 56.5 Å². The molecule has 0 heterocycles. The molecule has 0 fully saturated rings. The van der Waals surface area contributed by atoms with E-state index in [9.17, 15) is 0 Å². The van der Waals surface area contributed by atoms with Crippen LogP contribution in [0.2, 0.25) is 0 Å². The lowest BCUT2D eigenvalue weighted by Gasteiger charge is -2.11. The third-order valence-corrected chi connectivity index (χ3v) is 4.01. The van der Waals surface area contributed by atoms with Crippen LogP contribution in [0.25, 0.3) is 0 Å². The number of rotatable bonds is 2. The highest BCUT2D eigenvalue weighted by Gasteiger charge is 2.04. The van der Waals surface area contributed by atoms with Crippen LogP contribution in [0, 0.1) is 18.3 Å². The van der Waals surface area contributed by atoms with E-state index < -0.39 is 0 Å². The molecule has 0 aliphatic rings. The summed E-state index contributed by atoms with van der Waals surface area (Å²) in [5, 5.41) is 12.2. The molecule has 0 amide bonds. The van der Waals surface area contributed by atoms with Gasteiger partial charge in [0.25, 0.3) is 0 Å². The lowest BCUT2D eigenvalue weighted by atomic mass is 10.2. The predicted molar refractivity (Wildman–Crippen MR) is 81.0 cm³/mol. The quantitative estimate of drug-likeness (QED) is 0.800. The number of nitrogens with zero attached hydrogens (tertiary/aromatic N) is 1. The molecule has 18 heavy (non-hydrogen) atoms. The monoisotopic (exact) mass is 364 g/mol. The van der Waals surface area contributed by atoms with E-state index in [2.05, 4.69) is 43.2 Å². The highest BCUT2D eigenvalue weighted by Crippen LogP contribution is 2.30. The van der Waals surface area contributed by atoms with E-state index in [1.807, 2.05) is 37.3 Å². The fourth-order valence-electron chi connectivity index (χ4n) is 1.63. The van der Waals surface area contributed by atoms with Gasteiger partial charge in [0.1, 0.15) is 0 Å². The largest absolute Gasteiger partial charge is 0.355 e. The lowest BCUT2D eigenvalue weighted by Crippen LogP contribution is -1.93. The first kappa shape index (κ1) is 13.1. The standard InChI is InChI=1S/C14H10Br2N2/c1-9-3-2-4-13(14(9)16)18-12-6-10(8-17)5-11(15)7-12/h2-7,18H,1H3. The predicted octanol–water partition coefficient (Wildman–Crippen LogP) is 5.14. The summed E-state index contributed by atoms with van der Waals surface area (Å²) in [7, 11) is 0. The molecule has 0 aromatic heterocycles. The molecule has 0 saturated heterocycles. The van der Waals surface area contributed by atoms with Gasteiger partial charge in [0.15, 0.2) is 0 Å². The molecule has 0 aliphatic carbocycles. The van der Waals surface area contributed by atoms with Gasteiger partial charge in [0.05, 0.1) is 17.3 Å². The third-order valence-electron chi connectivity index (χ3n) is 2.50. The Hall–Kier alpha value is -1.31. The van der Waals surface area contributed by atoms with Crippen LogP contribution in [0.5, 0.6) is 0 Å². The molecule has 1 N–H and O–H groups in total. The Balaban J connectivity index is 2.37. The summed E-state index contributed by atoms with van der Waals surface area (Å²) < 4.78 is 1.91. The average Bonchev–Trinajstić information content (AvgIpc) is 2.34. The summed E-state index contributed by atoms with van der Waals surface area (Å²) in [5.74, 6) is 0. The van der Waals surface area contributed by atoms with E-state index in [0.29, 0.717) is 5.56 Å². The molecule has 0 saturated carbocycles. The Bertz CT molecular complexity index is 630. The molecule has 2 rings (SSSR count). The zero-order valence-corrected chi connectivity index (χ0v) is 12.8. The van der Waals surface area contributed by atoms with E-state index in [1.54, 1.807) is 6.07 Å². The average molecular weight is 366 g/mol. The Kier molecular flexibility index (Phi) is 4.05. The van der Waals surface area contributed by atoms with Gasteiger partial charge in [0.2, 0.25) is 0 Å². The Morgan fingerprint density at radius 1 is 1.17 bits per heavy atom. The normalized spacial score (nSPS) is 9.89. The molecule has 2 aromatic rings. The summed E-state index contributed by atoms with van der Waals surface area (Å²) in [5.41, 5.74) is 3.65. The van der Waals surface area contributed by atoms with Gasteiger partial charge >= 0.3 is 0 Å². The maximum Gasteiger partial charge on any atom is 0.0992 e. The van der Waals surface area contributed by atoms with Crippen LogP contribution in [0.15, 0.2) is 45.3 Å². The maximum absolute atomic E-state index is 8.94. The number of benzene rings is 2. The molecule has 0 atom stereocenters. The van der Waals surface area contributed by atoms with Crippen molar-refractivity contribution in [1.29, 1.82) is 5.26 Å². The highest BCUT2D eigenvalue weighted by atomic mass is 79.9. The van der Waals surface area contributed by atoms with Crippen molar-refractivity contribution in [1.82, 2.24) is 0 Å². The topological polar surface area (TPSA) is 35.8 Å². The van der Waals surface area contributed by atoms with E-state index >= 15 is 0 Å². The summed E-state index contributed by atoms with van der Waals surface area (Å²) >= 11 is 6.95. The fraction of sp³-hybridized carbons (Fsp3) is 0.0714. The van der Waals surface area contributed by atoms with E-state index in [4.69, 9.17) is 5.26 Å². The molecular weight excluding hydrogens is 356 g/mol. The minimum Gasteiger partial charge on any atom is -0.355 e. The van der Waals surface area contributed by atoms with Gasteiger partial charge in [-0.05, 0) is 52.7 Å². The molecule has 0 bridgehead atoms. The van der Waals surface area contributed by atoms with Gasteiger partial charge in [-0.1, -0.05) is 28.1 Å². The van der Waals surface area contributed by atoms with Gasteiger partial charge in [0, 0.05) is 14.6 Å². The minimum atomic E-state index is 0.621. The summed E-state index contributed by atoms with van der Waals surface area (Å²) in [6.45, 7) is 2.04. The van der Waals surface area contributed by atoms with Gasteiger partial charge in [-0.3, -0.25) is 0 Å². The van der Waals surface area contributed by atoms with Crippen molar-refractivity contribution in [3.8, 4) is 6.07 Å². The molecular formula is C14H10Br2N2. The van der Waals surface area contributed by atoms with Gasteiger partial charge in [-0.15, -0.1) is 0 Å². The first-order valence-electron chi connectivity index (χ1n) is 5.33. The third kappa shape index (κ3) is 2.92. The van der Waals surface area contributed by atoms with E-state index in [1.165, 1.54) is 0 Å². The molecule has 4 heteroatoms. The second kappa shape index (κ2) is 5.55. The summed E-state index contributed by atoms with van der Waals surface area (Å²) in [4.78, 5) is 0. The van der Waals surface area contributed by atoms with Crippen LogP contribution in [0.1, 0.15) is 11.1 Å². The molecule has 0 aliphatic heterocycles. The van der Waals surface area contributed by atoms with Crippen molar-refractivity contribution < 1.29 is 0 Å². The molecule has 2 nitrogen and oxygen atoms in total. The zero-order chi connectivity index (χ0) is 13.1. The van der Waals surface area contributed by atoms with Crippen molar-refractivity contribution in [3.63, 3.8) is 0 Å². The second-order valence-electron chi connectivity index (χ2n) is 3.90. The Morgan fingerprint density at radius 3 is 2.67 bits per heavy atom. The van der Waals surface area contributed by atoms with Crippen LogP contribution in [-0.2, 0) is 0 Å². The SMILES string of the molecule is Cc1cccc(Nc2cc(Br)cc(C#N)c2)c1Br. The number of hydrogen-bond acceptors (Lipinski definition) is 2. The Morgan fingerprint density at radius 2 is 1.94 bits per heavy atom. The number of aryl methyl sites for hydroxylation is 1. The fourth-order valence-corrected chi connectivity index (χ4v) is 2.48. The van der Waals surface area contributed by atoms with Crippen molar-refractivity contribution in [2.75, 3.05) is 5.32 Å². The first-order valence-corrected chi connectivity index (χ1v) is 6.91. The molecule has 0 radical (unpaired) electrons. The molecule has 2 aromatic carbocycles.